The van der Waals surface area contributed by atoms with Crippen LogP contribution in [0.1, 0.15) is 39.3 Å². The summed E-state index contributed by atoms with van der Waals surface area (Å²) in [6.45, 7) is 12.4. The van der Waals surface area contributed by atoms with Crippen molar-refractivity contribution in [1.29, 1.82) is 0 Å². The van der Waals surface area contributed by atoms with Crippen LogP contribution in [-0.4, -0.2) is 43.5 Å². The molecule has 0 saturated heterocycles. The highest BCUT2D eigenvalue weighted by molar-refractivity contribution is 4.94. The van der Waals surface area contributed by atoms with Gasteiger partial charge in [-0.25, -0.2) is 0 Å². The lowest BCUT2D eigenvalue weighted by Gasteiger charge is -2.27. The second-order valence-corrected chi connectivity index (χ2v) is 4.78. The van der Waals surface area contributed by atoms with Crippen molar-refractivity contribution in [3.8, 4) is 0 Å². The van der Waals surface area contributed by atoms with E-state index in [4.69, 9.17) is 0 Å². The topological polar surface area (TPSA) is 54.2 Å². The molecule has 0 spiro atoms. The van der Waals surface area contributed by atoms with E-state index in [1.165, 1.54) is 0 Å². The maximum absolute atomic E-state index is 9.50. The molecule has 0 radical (unpaired) electrons. The van der Waals surface area contributed by atoms with Crippen molar-refractivity contribution in [2.75, 3.05) is 6.54 Å². The van der Waals surface area contributed by atoms with Gasteiger partial charge in [-0.1, -0.05) is 0 Å². The van der Waals surface area contributed by atoms with Gasteiger partial charge in [-0.05, 0) is 34.6 Å². The molecule has 0 bridgehead atoms. The standard InChI is InChI=1S/C12H24N4O/c1-6-16-11(5)13-14-12(16)8-15(9(2)3)7-10(4)17/h9-10,17H,6-8H2,1-5H3. The molecule has 1 heterocycles. The Morgan fingerprint density at radius 2 is 1.94 bits per heavy atom. The molecular weight excluding hydrogens is 216 g/mol. The molecule has 5 heteroatoms. The maximum atomic E-state index is 9.50. The van der Waals surface area contributed by atoms with Crippen molar-refractivity contribution in [3.63, 3.8) is 0 Å². The Labute approximate surface area is 103 Å². The Hall–Kier alpha value is -0.940. The summed E-state index contributed by atoms with van der Waals surface area (Å²) in [4.78, 5) is 2.21. The third kappa shape index (κ3) is 3.78. The Morgan fingerprint density at radius 3 is 2.41 bits per heavy atom. The second-order valence-electron chi connectivity index (χ2n) is 4.78. The first-order chi connectivity index (χ1) is 7.95. The molecule has 1 N–H and O–H groups in total. The second kappa shape index (κ2) is 6.12. The van der Waals surface area contributed by atoms with Crippen LogP contribution >= 0.6 is 0 Å². The molecule has 0 fully saturated rings. The van der Waals surface area contributed by atoms with E-state index in [0.29, 0.717) is 12.6 Å². The van der Waals surface area contributed by atoms with Crippen molar-refractivity contribution < 1.29 is 5.11 Å². The van der Waals surface area contributed by atoms with Gasteiger partial charge in [-0.3, -0.25) is 4.90 Å². The SMILES string of the molecule is CCn1c(C)nnc1CN(CC(C)O)C(C)C. The number of aryl methyl sites for hydroxylation is 1. The minimum absolute atomic E-state index is 0.323. The monoisotopic (exact) mass is 240 g/mol. The quantitative estimate of drug-likeness (QED) is 0.811. The summed E-state index contributed by atoms with van der Waals surface area (Å²) in [5, 5.41) is 17.8. The predicted octanol–water partition coefficient (Wildman–Crippen LogP) is 1.20. The third-order valence-electron chi connectivity index (χ3n) is 2.90. The predicted molar refractivity (Wildman–Crippen MR) is 67.7 cm³/mol. The van der Waals surface area contributed by atoms with Gasteiger partial charge in [0, 0.05) is 19.1 Å². The summed E-state index contributed by atoms with van der Waals surface area (Å²) in [6.07, 6.45) is -0.323. The van der Waals surface area contributed by atoms with Crippen LogP contribution in [0, 0.1) is 6.92 Å². The van der Waals surface area contributed by atoms with Gasteiger partial charge in [-0.15, -0.1) is 10.2 Å². The molecule has 17 heavy (non-hydrogen) atoms. The molecule has 98 valence electrons. The van der Waals surface area contributed by atoms with Crippen LogP contribution in [0.15, 0.2) is 0 Å². The van der Waals surface area contributed by atoms with E-state index in [2.05, 4.69) is 40.4 Å². The lowest BCUT2D eigenvalue weighted by atomic mass is 10.2. The van der Waals surface area contributed by atoms with Crippen molar-refractivity contribution in [2.45, 2.75) is 59.9 Å². The lowest BCUT2D eigenvalue weighted by molar-refractivity contribution is 0.0998. The molecule has 1 rings (SSSR count). The zero-order valence-electron chi connectivity index (χ0n) is 11.5. The lowest BCUT2D eigenvalue weighted by Crippen LogP contribution is -2.36. The minimum atomic E-state index is -0.323. The van der Waals surface area contributed by atoms with Gasteiger partial charge in [0.2, 0.25) is 0 Å². The molecule has 0 aromatic carbocycles. The smallest absolute Gasteiger partial charge is 0.147 e. The molecule has 0 saturated carbocycles. The van der Waals surface area contributed by atoms with Gasteiger partial charge in [0.25, 0.3) is 0 Å². The number of hydrogen-bond donors (Lipinski definition) is 1. The Kier molecular flexibility index (Phi) is 5.08. The summed E-state index contributed by atoms with van der Waals surface area (Å²) < 4.78 is 2.11. The van der Waals surface area contributed by atoms with Gasteiger partial charge in [0.15, 0.2) is 0 Å². The van der Waals surface area contributed by atoms with Crippen LogP contribution < -0.4 is 0 Å². The highest BCUT2D eigenvalue weighted by Gasteiger charge is 2.16. The third-order valence-corrected chi connectivity index (χ3v) is 2.90. The Balaban J connectivity index is 2.78. The van der Waals surface area contributed by atoms with Crippen LogP contribution in [0.4, 0.5) is 0 Å². The molecular formula is C12H24N4O. The highest BCUT2D eigenvalue weighted by Crippen LogP contribution is 2.09. The van der Waals surface area contributed by atoms with Crippen LogP contribution in [0.5, 0.6) is 0 Å². The van der Waals surface area contributed by atoms with Crippen LogP contribution in [0.2, 0.25) is 0 Å². The number of nitrogens with zero attached hydrogens (tertiary/aromatic N) is 4. The summed E-state index contributed by atoms with van der Waals surface area (Å²) in [7, 11) is 0. The zero-order chi connectivity index (χ0) is 13.0. The first kappa shape index (κ1) is 14.1. The minimum Gasteiger partial charge on any atom is -0.392 e. The zero-order valence-corrected chi connectivity index (χ0v) is 11.5. The Bertz CT molecular complexity index is 346. The fourth-order valence-electron chi connectivity index (χ4n) is 1.93. The van der Waals surface area contributed by atoms with Gasteiger partial charge >= 0.3 is 0 Å². The number of aliphatic hydroxyl groups excluding tert-OH is 1. The largest absolute Gasteiger partial charge is 0.392 e. The summed E-state index contributed by atoms with van der Waals surface area (Å²) in [5.41, 5.74) is 0. The number of rotatable bonds is 6. The molecule has 0 amide bonds. The molecule has 1 unspecified atom stereocenters. The molecule has 1 aromatic heterocycles. The number of aromatic nitrogens is 3. The fraction of sp³-hybridized carbons (Fsp3) is 0.833. The van der Waals surface area contributed by atoms with E-state index in [9.17, 15) is 5.11 Å². The van der Waals surface area contributed by atoms with Crippen LogP contribution in [0.25, 0.3) is 0 Å². The highest BCUT2D eigenvalue weighted by atomic mass is 16.3. The van der Waals surface area contributed by atoms with E-state index in [-0.39, 0.29) is 6.10 Å². The summed E-state index contributed by atoms with van der Waals surface area (Å²) in [5.74, 6) is 1.92. The molecule has 0 aliphatic heterocycles. The number of hydrogen-bond acceptors (Lipinski definition) is 4. The van der Waals surface area contributed by atoms with Gasteiger partial charge < -0.3 is 9.67 Å². The summed E-state index contributed by atoms with van der Waals surface area (Å²) >= 11 is 0. The van der Waals surface area contributed by atoms with E-state index < -0.39 is 0 Å². The molecule has 5 nitrogen and oxygen atoms in total. The van der Waals surface area contributed by atoms with Gasteiger partial charge in [0.1, 0.15) is 11.6 Å². The van der Waals surface area contributed by atoms with Crippen molar-refractivity contribution in [1.82, 2.24) is 19.7 Å². The van der Waals surface area contributed by atoms with E-state index in [1.807, 2.05) is 13.8 Å². The van der Waals surface area contributed by atoms with Gasteiger partial charge in [-0.2, -0.15) is 0 Å². The fourth-order valence-corrected chi connectivity index (χ4v) is 1.93. The van der Waals surface area contributed by atoms with Crippen molar-refractivity contribution in [3.05, 3.63) is 11.6 Å². The molecule has 0 aliphatic rings. The molecule has 1 atom stereocenters. The maximum Gasteiger partial charge on any atom is 0.147 e. The normalized spacial score (nSPS) is 13.6. The first-order valence-corrected chi connectivity index (χ1v) is 6.26. The summed E-state index contributed by atoms with van der Waals surface area (Å²) in [6, 6.07) is 0.381. The van der Waals surface area contributed by atoms with E-state index in [1.54, 1.807) is 0 Å². The number of aliphatic hydroxyl groups is 1. The Morgan fingerprint density at radius 1 is 1.29 bits per heavy atom. The average Bonchev–Trinajstić information content (AvgIpc) is 2.57. The average molecular weight is 240 g/mol. The van der Waals surface area contributed by atoms with Crippen molar-refractivity contribution in [2.24, 2.45) is 0 Å². The van der Waals surface area contributed by atoms with E-state index in [0.717, 1.165) is 24.7 Å². The van der Waals surface area contributed by atoms with E-state index >= 15 is 0 Å². The molecule has 0 aliphatic carbocycles. The van der Waals surface area contributed by atoms with Crippen LogP contribution in [0.3, 0.4) is 0 Å². The molecule has 1 aromatic rings. The van der Waals surface area contributed by atoms with Crippen molar-refractivity contribution >= 4 is 0 Å². The first-order valence-electron chi connectivity index (χ1n) is 6.26. The van der Waals surface area contributed by atoms with Gasteiger partial charge in [0.05, 0.1) is 12.6 Å². The van der Waals surface area contributed by atoms with Crippen LogP contribution in [-0.2, 0) is 13.1 Å².